The van der Waals surface area contributed by atoms with Gasteiger partial charge < -0.3 is 9.47 Å². The van der Waals surface area contributed by atoms with Gasteiger partial charge in [-0.1, -0.05) is 12.1 Å². The number of rotatable bonds is 0. The highest BCUT2D eigenvalue weighted by atomic mass is 35.5. The highest BCUT2D eigenvalue weighted by molar-refractivity contribution is 5.85. The fourth-order valence-electron chi connectivity index (χ4n) is 1.65. The van der Waals surface area contributed by atoms with Crippen LogP contribution in [0.4, 0.5) is 0 Å². The molecule has 82 valence electrons. The quantitative estimate of drug-likeness (QED) is 0.692. The monoisotopic (exact) mass is 235 g/mol. The van der Waals surface area contributed by atoms with Crippen LogP contribution in [0, 0.1) is 0 Å². The summed E-state index contributed by atoms with van der Waals surface area (Å²) in [6.07, 6.45) is 5.19. The normalized spacial score (nSPS) is 16.2. The molecule has 0 saturated carbocycles. The van der Waals surface area contributed by atoms with E-state index in [1.807, 2.05) is 30.3 Å². The molecule has 0 spiro atoms. The molecule has 0 radical (unpaired) electrons. The Balaban J connectivity index is 0.000000963. The first-order valence-corrected chi connectivity index (χ1v) is 4.77. The van der Waals surface area contributed by atoms with Gasteiger partial charge in [0.05, 0.1) is 11.8 Å². The number of para-hydroxylation sites is 1. The molecule has 2 aliphatic heterocycles. The van der Waals surface area contributed by atoms with Gasteiger partial charge in [0.2, 0.25) is 0 Å². The van der Waals surface area contributed by atoms with Gasteiger partial charge in [0.1, 0.15) is 18.1 Å². The molecule has 0 atom stereocenters. The van der Waals surface area contributed by atoms with E-state index in [-0.39, 0.29) is 12.4 Å². The van der Waals surface area contributed by atoms with Crippen molar-refractivity contribution in [2.24, 2.45) is 4.99 Å². The molecular weight excluding hydrogens is 226 g/mol. The van der Waals surface area contributed by atoms with Crippen molar-refractivity contribution in [1.82, 2.24) is 0 Å². The topological polar surface area (TPSA) is 30.8 Å². The molecule has 0 aromatic heterocycles. The van der Waals surface area contributed by atoms with E-state index in [1.165, 1.54) is 0 Å². The van der Waals surface area contributed by atoms with Crippen molar-refractivity contribution in [1.29, 1.82) is 0 Å². The Hall–Kier alpha value is -1.74. The molecule has 0 aliphatic carbocycles. The minimum absolute atomic E-state index is 0. The summed E-state index contributed by atoms with van der Waals surface area (Å²) in [5.74, 6) is 1.60. The van der Waals surface area contributed by atoms with E-state index in [2.05, 4.69) is 4.99 Å². The van der Waals surface area contributed by atoms with Crippen LogP contribution in [0.25, 0.3) is 5.76 Å². The summed E-state index contributed by atoms with van der Waals surface area (Å²) in [5, 5.41) is 0. The van der Waals surface area contributed by atoms with Gasteiger partial charge in [-0.2, -0.15) is 0 Å². The van der Waals surface area contributed by atoms with Crippen LogP contribution in [0.3, 0.4) is 0 Å². The summed E-state index contributed by atoms with van der Waals surface area (Å²) in [6.45, 7) is 0.515. The maximum absolute atomic E-state index is 5.59. The molecule has 16 heavy (non-hydrogen) atoms. The number of allylic oxidation sites excluding steroid dienone is 1. The lowest BCUT2D eigenvalue weighted by molar-refractivity contribution is 0.328. The van der Waals surface area contributed by atoms with E-state index in [1.54, 1.807) is 12.5 Å². The number of ether oxygens (including phenoxy) is 2. The zero-order valence-corrected chi connectivity index (χ0v) is 9.24. The Morgan fingerprint density at radius 2 is 2.06 bits per heavy atom. The van der Waals surface area contributed by atoms with Crippen LogP contribution >= 0.6 is 12.4 Å². The van der Waals surface area contributed by atoms with Gasteiger partial charge >= 0.3 is 0 Å². The SMILES string of the molecule is C1=CC2=C(OCC=N2)c2ccccc2O1.Cl. The molecule has 0 fully saturated rings. The van der Waals surface area contributed by atoms with Crippen LogP contribution < -0.4 is 4.74 Å². The third kappa shape index (κ3) is 1.70. The van der Waals surface area contributed by atoms with Crippen LogP contribution in [-0.4, -0.2) is 12.8 Å². The molecule has 2 heterocycles. The maximum atomic E-state index is 5.59. The molecule has 1 aromatic carbocycles. The van der Waals surface area contributed by atoms with Crippen molar-refractivity contribution in [3.63, 3.8) is 0 Å². The summed E-state index contributed by atoms with van der Waals surface area (Å²) >= 11 is 0. The molecular formula is C12H10ClNO2. The van der Waals surface area contributed by atoms with Crippen LogP contribution in [0.15, 0.2) is 47.3 Å². The van der Waals surface area contributed by atoms with Crippen LogP contribution in [0.2, 0.25) is 0 Å². The summed E-state index contributed by atoms with van der Waals surface area (Å²) in [6, 6.07) is 7.78. The van der Waals surface area contributed by atoms with Gasteiger partial charge in [0.25, 0.3) is 0 Å². The van der Waals surface area contributed by atoms with Crippen molar-refractivity contribution >= 4 is 24.4 Å². The Bertz CT molecular complexity index is 492. The van der Waals surface area contributed by atoms with Gasteiger partial charge in [-0.05, 0) is 12.1 Å². The molecule has 0 unspecified atom stereocenters. The molecule has 1 aromatic rings. The third-order valence-corrected chi connectivity index (χ3v) is 2.32. The lowest BCUT2D eigenvalue weighted by atomic mass is 10.1. The number of halogens is 1. The van der Waals surface area contributed by atoms with E-state index in [0.29, 0.717) is 6.61 Å². The molecule has 3 rings (SSSR count). The third-order valence-electron chi connectivity index (χ3n) is 2.32. The van der Waals surface area contributed by atoms with Crippen molar-refractivity contribution in [3.8, 4) is 5.75 Å². The van der Waals surface area contributed by atoms with Crippen molar-refractivity contribution < 1.29 is 9.47 Å². The lowest BCUT2D eigenvalue weighted by Gasteiger charge is -2.14. The molecule has 0 saturated heterocycles. The predicted octanol–water partition coefficient (Wildman–Crippen LogP) is 2.78. The first-order valence-electron chi connectivity index (χ1n) is 4.77. The van der Waals surface area contributed by atoms with Gasteiger partial charge in [-0.3, -0.25) is 4.99 Å². The van der Waals surface area contributed by atoms with Crippen molar-refractivity contribution in [2.45, 2.75) is 0 Å². The highest BCUT2D eigenvalue weighted by Gasteiger charge is 2.17. The number of hydrogen-bond donors (Lipinski definition) is 0. The second kappa shape index (κ2) is 4.41. The minimum atomic E-state index is 0. The van der Waals surface area contributed by atoms with Crippen molar-refractivity contribution in [2.75, 3.05) is 6.61 Å². The highest BCUT2D eigenvalue weighted by Crippen LogP contribution is 2.33. The van der Waals surface area contributed by atoms with E-state index in [4.69, 9.17) is 9.47 Å². The molecule has 3 nitrogen and oxygen atoms in total. The standard InChI is InChI=1S/C12H9NO2.ClH/c1-2-4-11-9(3-1)12-10(5-7-14-11)13-6-8-15-12;/h1-7H,8H2;1H. The second-order valence-corrected chi connectivity index (χ2v) is 3.25. The summed E-state index contributed by atoms with van der Waals surface area (Å²) < 4.78 is 11.1. The van der Waals surface area contributed by atoms with E-state index >= 15 is 0 Å². The van der Waals surface area contributed by atoms with Crippen LogP contribution in [-0.2, 0) is 4.74 Å². The number of aliphatic imine (C=N–C) groups is 1. The fourth-order valence-corrected chi connectivity index (χ4v) is 1.65. The van der Waals surface area contributed by atoms with Crippen LogP contribution in [0.1, 0.15) is 5.56 Å². The van der Waals surface area contributed by atoms with Gasteiger partial charge in [0, 0.05) is 12.3 Å². The molecule has 2 aliphatic rings. The fraction of sp³-hybridized carbons (Fsp3) is 0.0833. The average molecular weight is 236 g/mol. The number of fused-ring (bicyclic) bond motifs is 2. The zero-order chi connectivity index (χ0) is 10.1. The van der Waals surface area contributed by atoms with Gasteiger partial charge in [-0.25, -0.2) is 0 Å². The van der Waals surface area contributed by atoms with E-state index in [0.717, 1.165) is 22.8 Å². The molecule has 0 bridgehead atoms. The summed E-state index contributed by atoms with van der Waals surface area (Å²) in [7, 11) is 0. The first kappa shape index (κ1) is 10.8. The van der Waals surface area contributed by atoms with Crippen LogP contribution in [0.5, 0.6) is 5.75 Å². The Morgan fingerprint density at radius 3 is 3.00 bits per heavy atom. The second-order valence-electron chi connectivity index (χ2n) is 3.25. The zero-order valence-electron chi connectivity index (χ0n) is 8.42. The smallest absolute Gasteiger partial charge is 0.156 e. The first-order chi connectivity index (χ1) is 7.45. The summed E-state index contributed by atoms with van der Waals surface area (Å²) in [5.41, 5.74) is 1.76. The lowest BCUT2D eigenvalue weighted by Crippen LogP contribution is -2.03. The van der Waals surface area contributed by atoms with E-state index < -0.39 is 0 Å². The number of nitrogens with zero attached hydrogens (tertiary/aromatic N) is 1. The largest absolute Gasteiger partial charge is 0.485 e. The number of hydrogen-bond acceptors (Lipinski definition) is 3. The maximum Gasteiger partial charge on any atom is 0.156 e. The average Bonchev–Trinajstić information content (AvgIpc) is 2.48. The molecule has 0 amide bonds. The minimum Gasteiger partial charge on any atom is -0.485 e. The van der Waals surface area contributed by atoms with Gasteiger partial charge in [-0.15, -0.1) is 12.4 Å². The van der Waals surface area contributed by atoms with Crippen molar-refractivity contribution in [3.05, 3.63) is 47.9 Å². The molecule has 4 heteroatoms. The van der Waals surface area contributed by atoms with Gasteiger partial charge in [0.15, 0.2) is 5.76 Å². The Kier molecular flexibility index (Phi) is 2.97. The molecule has 0 N–H and O–H groups in total. The Labute approximate surface area is 99.5 Å². The van der Waals surface area contributed by atoms with E-state index in [9.17, 15) is 0 Å². The Morgan fingerprint density at radius 1 is 1.19 bits per heavy atom. The summed E-state index contributed by atoms with van der Waals surface area (Å²) in [4.78, 5) is 4.27. The number of benzene rings is 1. The predicted molar refractivity (Wildman–Crippen MR) is 64.8 cm³/mol.